The van der Waals surface area contributed by atoms with E-state index in [9.17, 15) is 0 Å². The third kappa shape index (κ3) is 1.71. The lowest BCUT2D eigenvalue weighted by molar-refractivity contribution is 0.367. The number of rotatable bonds is 1. The standard InChI is InChI=1S/C20H21N3/c1-3-12-10-21-11-16-14(12)8-18-20-15(9-17(16)22-18)13-6-4-5-7-19(13)23(20)2/h4-7,10-11,17-18,22H,3,8-9H2,1-2H3/t17-,18-/m1/s1. The largest absolute Gasteiger partial charge is 0.346 e. The van der Waals surface area contributed by atoms with Crippen LogP contribution in [0.3, 0.4) is 0 Å². The van der Waals surface area contributed by atoms with Gasteiger partial charge in [0.1, 0.15) is 0 Å². The van der Waals surface area contributed by atoms with Crippen LogP contribution in [0.2, 0.25) is 0 Å². The van der Waals surface area contributed by atoms with Gasteiger partial charge in [0.15, 0.2) is 0 Å². The molecule has 0 aliphatic carbocycles. The van der Waals surface area contributed by atoms with Crippen molar-refractivity contribution in [3.8, 4) is 0 Å². The lowest BCUT2D eigenvalue weighted by atomic mass is 9.79. The Morgan fingerprint density at radius 2 is 1.96 bits per heavy atom. The zero-order valence-electron chi connectivity index (χ0n) is 13.6. The fourth-order valence-electron chi connectivity index (χ4n) is 4.70. The summed E-state index contributed by atoms with van der Waals surface area (Å²) < 4.78 is 2.40. The van der Waals surface area contributed by atoms with Crippen molar-refractivity contribution < 1.29 is 0 Å². The SMILES string of the molecule is CCc1cncc2c1C[C@H]1N[C@@H]2Cc2c1n(C)c1ccccc21. The third-order valence-corrected chi connectivity index (χ3v) is 5.75. The molecule has 0 fully saturated rings. The van der Waals surface area contributed by atoms with Crippen LogP contribution >= 0.6 is 0 Å². The summed E-state index contributed by atoms with van der Waals surface area (Å²) in [5.74, 6) is 0. The fourth-order valence-corrected chi connectivity index (χ4v) is 4.70. The Morgan fingerprint density at radius 3 is 2.83 bits per heavy atom. The summed E-state index contributed by atoms with van der Waals surface area (Å²) >= 11 is 0. The van der Waals surface area contributed by atoms with Gasteiger partial charge in [-0.25, -0.2) is 0 Å². The fraction of sp³-hybridized carbons (Fsp3) is 0.350. The van der Waals surface area contributed by atoms with Gasteiger partial charge in [-0.15, -0.1) is 0 Å². The zero-order chi connectivity index (χ0) is 15.6. The molecule has 3 nitrogen and oxygen atoms in total. The van der Waals surface area contributed by atoms with Crippen molar-refractivity contribution in [3.05, 3.63) is 64.6 Å². The van der Waals surface area contributed by atoms with Gasteiger partial charge in [0.2, 0.25) is 0 Å². The van der Waals surface area contributed by atoms with Gasteiger partial charge in [-0.3, -0.25) is 4.98 Å². The molecule has 4 heterocycles. The van der Waals surface area contributed by atoms with Crippen LogP contribution in [0.4, 0.5) is 0 Å². The predicted molar refractivity (Wildman–Crippen MR) is 92.6 cm³/mol. The molecule has 1 aromatic carbocycles. The Bertz CT molecular complexity index is 922. The highest BCUT2D eigenvalue weighted by Gasteiger charge is 2.37. The number of fused-ring (bicyclic) bond motifs is 8. The van der Waals surface area contributed by atoms with E-state index in [0.29, 0.717) is 12.1 Å². The topological polar surface area (TPSA) is 29.9 Å². The average molecular weight is 303 g/mol. The third-order valence-electron chi connectivity index (χ3n) is 5.75. The molecule has 2 aliphatic rings. The maximum absolute atomic E-state index is 4.49. The van der Waals surface area contributed by atoms with E-state index >= 15 is 0 Å². The van der Waals surface area contributed by atoms with Crippen LogP contribution in [-0.2, 0) is 26.3 Å². The molecule has 2 bridgehead atoms. The summed E-state index contributed by atoms with van der Waals surface area (Å²) in [6.45, 7) is 2.23. The van der Waals surface area contributed by atoms with Crippen molar-refractivity contribution in [3.63, 3.8) is 0 Å². The van der Waals surface area contributed by atoms with E-state index < -0.39 is 0 Å². The molecule has 3 heteroatoms. The average Bonchev–Trinajstić information content (AvgIpc) is 2.88. The molecule has 0 saturated carbocycles. The van der Waals surface area contributed by atoms with Gasteiger partial charge in [0, 0.05) is 42.1 Å². The van der Waals surface area contributed by atoms with Gasteiger partial charge < -0.3 is 9.88 Å². The quantitative estimate of drug-likeness (QED) is 0.744. The molecule has 0 spiro atoms. The molecule has 2 atom stereocenters. The summed E-state index contributed by atoms with van der Waals surface area (Å²) in [6, 6.07) is 9.63. The molecule has 1 N–H and O–H groups in total. The molecular weight excluding hydrogens is 282 g/mol. The van der Waals surface area contributed by atoms with E-state index in [2.05, 4.69) is 65.5 Å². The van der Waals surface area contributed by atoms with E-state index in [1.54, 1.807) is 0 Å². The van der Waals surface area contributed by atoms with Crippen molar-refractivity contribution in [2.75, 3.05) is 0 Å². The molecule has 5 rings (SSSR count). The monoisotopic (exact) mass is 303 g/mol. The molecule has 2 aliphatic heterocycles. The van der Waals surface area contributed by atoms with Crippen LogP contribution in [0.15, 0.2) is 36.7 Å². The highest BCUT2D eigenvalue weighted by atomic mass is 15.1. The number of nitrogens with one attached hydrogen (secondary N) is 1. The number of aryl methyl sites for hydroxylation is 2. The van der Waals surface area contributed by atoms with Crippen molar-refractivity contribution >= 4 is 10.9 Å². The smallest absolute Gasteiger partial charge is 0.0523 e. The summed E-state index contributed by atoms with van der Waals surface area (Å²) in [5, 5.41) is 5.28. The molecule has 23 heavy (non-hydrogen) atoms. The maximum atomic E-state index is 4.49. The molecule has 0 radical (unpaired) electrons. The first-order chi connectivity index (χ1) is 11.3. The second-order valence-electron chi connectivity index (χ2n) is 6.84. The minimum absolute atomic E-state index is 0.404. The van der Waals surface area contributed by atoms with Gasteiger partial charge in [-0.2, -0.15) is 0 Å². The number of hydrogen-bond donors (Lipinski definition) is 1. The predicted octanol–water partition coefficient (Wildman–Crippen LogP) is 3.62. The minimum atomic E-state index is 0.404. The zero-order valence-corrected chi connectivity index (χ0v) is 13.6. The van der Waals surface area contributed by atoms with Gasteiger partial charge in [0.25, 0.3) is 0 Å². The lowest BCUT2D eigenvalue weighted by Crippen LogP contribution is -2.40. The molecule has 116 valence electrons. The number of aromatic nitrogens is 2. The number of benzene rings is 1. The molecule has 0 unspecified atom stereocenters. The van der Waals surface area contributed by atoms with Gasteiger partial charge in [-0.05, 0) is 47.6 Å². The van der Waals surface area contributed by atoms with Gasteiger partial charge in [-0.1, -0.05) is 25.1 Å². The summed E-state index contributed by atoms with van der Waals surface area (Å²) in [7, 11) is 2.21. The number of nitrogens with zero attached hydrogens (tertiary/aromatic N) is 2. The van der Waals surface area contributed by atoms with Crippen molar-refractivity contribution in [1.29, 1.82) is 0 Å². The van der Waals surface area contributed by atoms with Gasteiger partial charge >= 0.3 is 0 Å². The molecule has 0 saturated heterocycles. The Labute approximate surface area is 136 Å². The number of pyridine rings is 1. The van der Waals surface area contributed by atoms with Crippen LogP contribution in [-0.4, -0.2) is 9.55 Å². The molecular formula is C20H21N3. The van der Waals surface area contributed by atoms with E-state index in [4.69, 9.17) is 0 Å². The normalized spacial score (nSPS) is 22.0. The second-order valence-corrected chi connectivity index (χ2v) is 6.84. The summed E-state index contributed by atoms with van der Waals surface area (Å²) in [5.41, 5.74) is 8.73. The first-order valence-corrected chi connectivity index (χ1v) is 8.55. The number of para-hydroxylation sites is 1. The van der Waals surface area contributed by atoms with Crippen LogP contribution in [0, 0.1) is 0 Å². The van der Waals surface area contributed by atoms with E-state index in [1.807, 2.05) is 0 Å². The van der Waals surface area contributed by atoms with Crippen LogP contribution in [0.5, 0.6) is 0 Å². The van der Waals surface area contributed by atoms with Gasteiger partial charge in [0.05, 0.1) is 6.04 Å². The van der Waals surface area contributed by atoms with Crippen molar-refractivity contribution in [2.45, 2.75) is 38.3 Å². The molecule has 3 aromatic rings. The van der Waals surface area contributed by atoms with Crippen LogP contribution < -0.4 is 5.32 Å². The Kier molecular flexibility index (Phi) is 2.71. The van der Waals surface area contributed by atoms with Crippen LogP contribution in [0.1, 0.15) is 47.0 Å². The maximum Gasteiger partial charge on any atom is 0.0523 e. The first-order valence-electron chi connectivity index (χ1n) is 8.55. The van der Waals surface area contributed by atoms with Crippen molar-refractivity contribution in [1.82, 2.24) is 14.9 Å². The molecule has 0 amide bonds. The second kappa shape index (κ2) is 4.68. The van der Waals surface area contributed by atoms with E-state index in [0.717, 1.165) is 19.3 Å². The minimum Gasteiger partial charge on any atom is -0.346 e. The highest BCUT2D eigenvalue weighted by Crippen LogP contribution is 2.43. The Hall–Kier alpha value is -2.13. The van der Waals surface area contributed by atoms with E-state index in [-0.39, 0.29) is 0 Å². The molecule has 2 aromatic heterocycles. The Morgan fingerprint density at radius 1 is 1.13 bits per heavy atom. The van der Waals surface area contributed by atoms with Crippen LogP contribution in [0.25, 0.3) is 10.9 Å². The highest BCUT2D eigenvalue weighted by molar-refractivity contribution is 5.86. The number of hydrogen-bond acceptors (Lipinski definition) is 2. The lowest BCUT2D eigenvalue weighted by Gasteiger charge is -2.39. The first kappa shape index (κ1) is 13.3. The van der Waals surface area contributed by atoms with Crippen molar-refractivity contribution in [2.24, 2.45) is 7.05 Å². The van der Waals surface area contributed by atoms with E-state index in [1.165, 1.54) is 38.9 Å². The Balaban J connectivity index is 1.74. The summed E-state index contributed by atoms with van der Waals surface area (Å²) in [6.07, 6.45) is 7.35. The summed E-state index contributed by atoms with van der Waals surface area (Å²) in [4.78, 5) is 4.49.